The molecule has 3 nitrogen and oxygen atoms in total. The highest BCUT2D eigenvalue weighted by atomic mass is 19.1. The van der Waals surface area contributed by atoms with Crippen molar-refractivity contribution in [1.29, 1.82) is 0 Å². The van der Waals surface area contributed by atoms with Gasteiger partial charge in [0, 0.05) is 12.6 Å². The van der Waals surface area contributed by atoms with Crippen LogP contribution in [0.1, 0.15) is 37.7 Å². The Morgan fingerprint density at radius 2 is 1.95 bits per heavy atom. The lowest BCUT2D eigenvalue weighted by atomic mass is 9.88. The highest BCUT2D eigenvalue weighted by Gasteiger charge is 2.54. The molecule has 2 saturated carbocycles. The van der Waals surface area contributed by atoms with Crippen molar-refractivity contribution in [2.24, 2.45) is 0 Å². The first-order valence-electron chi connectivity index (χ1n) is 7.35. The Labute approximate surface area is 118 Å². The molecule has 0 radical (unpaired) electrons. The molecule has 2 fully saturated rings. The van der Waals surface area contributed by atoms with Crippen molar-refractivity contribution in [3.05, 3.63) is 35.6 Å². The molecule has 3 rings (SSSR count). The molecule has 0 aromatic heterocycles. The number of hydrogen-bond donors (Lipinski definition) is 1. The molecule has 2 aliphatic carbocycles. The van der Waals surface area contributed by atoms with Crippen LogP contribution in [-0.2, 0) is 10.2 Å². The predicted octanol–water partition coefficient (Wildman–Crippen LogP) is 2.23. The standard InChI is InChI=1S/C16H20FNO2/c17-13-6-4-12(5-7-13)16(8-9-16)15(20)18(10-11-19)14-2-1-3-14/h4-7,14,19H,1-3,8-11H2. The number of hydrogen-bond acceptors (Lipinski definition) is 2. The van der Waals surface area contributed by atoms with Gasteiger partial charge in [-0.15, -0.1) is 0 Å². The van der Waals surface area contributed by atoms with Crippen LogP contribution in [0, 0.1) is 5.82 Å². The smallest absolute Gasteiger partial charge is 0.233 e. The zero-order valence-electron chi connectivity index (χ0n) is 11.5. The molecule has 0 atom stereocenters. The molecular weight excluding hydrogens is 257 g/mol. The third kappa shape index (κ3) is 2.22. The van der Waals surface area contributed by atoms with Gasteiger partial charge in [0.15, 0.2) is 0 Å². The lowest BCUT2D eigenvalue weighted by Crippen LogP contribution is -2.49. The van der Waals surface area contributed by atoms with E-state index in [0.29, 0.717) is 6.54 Å². The molecule has 1 N–H and O–H groups in total. The maximum absolute atomic E-state index is 13.0. The van der Waals surface area contributed by atoms with Gasteiger partial charge in [-0.25, -0.2) is 4.39 Å². The Hall–Kier alpha value is -1.42. The maximum atomic E-state index is 13.0. The second kappa shape index (κ2) is 5.17. The monoisotopic (exact) mass is 277 g/mol. The van der Waals surface area contributed by atoms with E-state index in [-0.39, 0.29) is 24.4 Å². The van der Waals surface area contributed by atoms with Gasteiger partial charge in [0.25, 0.3) is 0 Å². The van der Waals surface area contributed by atoms with Crippen molar-refractivity contribution >= 4 is 5.91 Å². The number of aliphatic hydroxyl groups excluding tert-OH is 1. The van der Waals surface area contributed by atoms with Crippen LogP contribution in [0.4, 0.5) is 4.39 Å². The quantitative estimate of drug-likeness (QED) is 0.896. The van der Waals surface area contributed by atoms with Crippen molar-refractivity contribution < 1.29 is 14.3 Å². The summed E-state index contributed by atoms with van der Waals surface area (Å²) in [6.45, 7) is 0.411. The van der Waals surface area contributed by atoms with Crippen LogP contribution in [0.25, 0.3) is 0 Å². The molecular formula is C16H20FNO2. The summed E-state index contributed by atoms with van der Waals surface area (Å²) < 4.78 is 13.0. The van der Waals surface area contributed by atoms with Gasteiger partial charge in [-0.2, -0.15) is 0 Å². The molecule has 1 aromatic carbocycles. The second-order valence-electron chi connectivity index (χ2n) is 5.90. The molecule has 0 bridgehead atoms. The first-order valence-corrected chi connectivity index (χ1v) is 7.35. The van der Waals surface area contributed by atoms with Gasteiger partial charge < -0.3 is 10.0 Å². The highest BCUT2D eigenvalue weighted by molar-refractivity contribution is 5.91. The van der Waals surface area contributed by atoms with Gasteiger partial charge >= 0.3 is 0 Å². The normalized spacial score (nSPS) is 20.3. The molecule has 4 heteroatoms. The first kappa shape index (κ1) is 13.6. The van der Waals surface area contributed by atoms with Crippen molar-refractivity contribution in [3.8, 4) is 0 Å². The van der Waals surface area contributed by atoms with E-state index in [1.165, 1.54) is 12.1 Å². The number of nitrogens with zero attached hydrogens (tertiary/aromatic N) is 1. The van der Waals surface area contributed by atoms with E-state index in [9.17, 15) is 14.3 Å². The largest absolute Gasteiger partial charge is 0.395 e. The molecule has 108 valence electrons. The maximum Gasteiger partial charge on any atom is 0.233 e. The van der Waals surface area contributed by atoms with E-state index in [2.05, 4.69) is 0 Å². The molecule has 2 aliphatic rings. The van der Waals surface area contributed by atoms with E-state index in [1.54, 1.807) is 12.1 Å². The number of carbonyl (C=O) groups is 1. The van der Waals surface area contributed by atoms with Crippen LogP contribution in [0.15, 0.2) is 24.3 Å². The summed E-state index contributed by atoms with van der Waals surface area (Å²) in [5.41, 5.74) is 0.449. The van der Waals surface area contributed by atoms with E-state index < -0.39 is 5.41 Å². The van der Waals surface area contributed by atoms with Gasteiger partial charge in [0.2, 0.25) is 5.91 Å². The summed E-state index contributed by atoms with van der Waals surface area (Å²) >= 11 is 0. The summed E-state index contributed by atoms with van der Waals surface area (Å²) in [7, 11) is 0. The molecule has 20 heavy (non-hydrogen) atoms. The summed E-state index contributed by atoms with van der Waals surface area (Å²) in [5.74, 6) is -0.161. The average molecular weight is 277 g/mol. The summed E-state index contributed by atoms with van der Waals surface area (Å²) in [5, 5.41) is 9.20. The fraction of sp³-hybridized carbons (Fsp3) is 0.562. The topological polar surface area (TPSA) is 40.5 Å². The lowest BCUT2D eigenvalue weighted by Gasteiger charge is -2.39. The van der Waals surface area contributed by atoms with Crippen molar-refractivity contribution in [2.45, 2.75) is 43.6 Å². The van der Waals surface area contributed by atoms with Crippen LogP contribution in [0.3, 0.4) is 0 Å². The van der Waals surface area contributed by atoms with Crippen molar-refractivity contribution in [2.75, 3.05) is 13.2 Å². The Morgan fingerprint density at radius 3 is 2.40 bits per heavy atom. The highest BCUT2D eigenvalue weighted by Crippen LogP contribution is 2.50. The van der Waals surface area contributed by atoms with E-state index in [4.69, 9.17) is 0 Å². The minimum Gasteiger partial charge on any atom is -0.395 e. The molecule has 0 unspecified atom stereocenters. The predicted molar refractivity (Wildman–Crippen MR) is 73.7 cm³/mol. The van der Waals surface area contributed by atoms with Gasteiger partial charge in [0.1, 0.15) is 5.82 Å². The molecule has 1 amide bonds. The number of carbonyl (C=O) groups excluding carboxylic acids is 1. The number of amides is 1. The SMILES string of the molecule is O=C(N(CCO)C1CCC1)C1(c2ccc(F)cc2)CC1. The number of aliphatic hydroxyl groups is 1. The Bertz CT molecular complexity index is 492. The Balaban J connectivity index is 1.82. The lowest BCUT2D eigenvalue weighted by molar-refractivity contribution is -0.138. The minimum absolute atomic E-state index is 0.00172. The summed E-state index contributed by atoms with van der Waals surface area (Å²) in [4.78, 5) is 14.7. The van der Waals surface area contributed by atoms with Gasteiger partial charge in [0.05, 0.1) is 12.0 Å². The zero-order valence-corrected chi connectivity index (χ0v) is 11.5. The van der Waals surface area contributed by atoms with E-state index in [1.807, 2.05) is 4.90 Å². The van der Waals surface area contributed by atoms with Crippen molar-refractivity contribution in [1.82, 2.24) is 4.90 Å². The van der Waals surface area contributed by atoms with Gasteiger partial charge in [-0.3, -0.25) is 4.79 Å². The molecule has 1 aromatic rings. The fourth-order valence-electron chi connectivity index (χ4n) is 3.05. The molecule has 0 saturated heterocycles. The first-order chi connectivity index (χ1) is 9.67. The number of rotatable bonds is 5. The third-order valence-electron chi connectivity index (χ3n) is 4.67. The Kier molecular flexibility index (Phi) is 3.50. The van der Waals surface area contributed by atoms with E-state index in [0.717, 1.165) is 37.7 Å². The van der Waals surface area contributed by atoms with Crippen LogP contribution in [-0.4, -0.2) is 35.1 Å². The summed E-state index contributed by atoms with van der Waals surface area (Å²) in [6.07, 6.45) is 4.87. The molecule has 0 heterocycles. The van der Waals surface area contributed by atoms with Crippen molar-refractivity contribution in [3.63, 3.8) is 0 Å². The zero-order chi connectivity index (χ0) is 14.2. The molecule has 0 aliphatic heterocycles. The number of halogens is 1. The van der Waals surface area contributed by atoms with Gasteiger partial charge in [-0.1, -0.05) is 12.1 Å². The third-order valence-corrected chi connectivity index (χ3v) is 4.67. The van der Waals surface area contributed by atoms with Gasteiger partial charge in [-0.05, 0) is 49.8 Å². The van der Waals surface area contributed by atoms with Crippen LogP contribution in [0.2, 0.25) is 0 Å². The minimum atomic E-state index is -0.460. The van der Waals surface area contributed by atoms with Crippen LogP contribution < -0.4 is 0 Å². The van der Waals surface area contributed by atoms with E-state index >= 15 is 0 Å². The second-order valence-corrected chi connectivity index (χ2v) is 5.90. The van der Waals surface area contributed by atoms with Crippen LogP contribution >= 0.6 is 0 Å². The summed E-state index contributed by atoms with van der Waals surface area (Å²) in [6, 6.07) is 6.56. The Morgan fingerprint density at radius 1 is 1.30 bits per heavy atom. The molecule has 0 spiro atoms. The number of benzene rings is 1. The fourth-order valence-corrected chi connectivity index (χ4v) is 3.05. The average Bonchev–Trinajstić information content (AvgIpc) is 3.18. The van der Waals surface area contributed by atoms with Crippen LogP contribution in [0.5, 0.6) is 0 Å².